The van der Waals surface area contributed by atoms with Crippen LogP contribution in [0.3, 0.4) is 0 Å². The Morgan fingerprint density at radius 1 is 1.31 bits per heavy atom. The zero-order chi connectivity index (χ0) is 21.1. The molecule has 3 rings (SSSR count). The fourth-order valence-corrected chi connectivity index (χ4v) is 3.31. The lowest BCUT2D eigenvalue weighted by Crippen LogP contribution is -2.35. The average molecular weight is 399 g/mol. The largest absolute Gasteiger partial charge is 0.507 e. The smallest absolute Gasteiger partial charge is 0.295 e. The number of amides is 1. The first-order chi connectivity index (χ1) is 13.8. The van der Waals surface area contributed by atoms with Crippen molar-refractivity contribution in [2.24, 2.45) is 0 Å². The second kappa shape index (κ2) is 8.40. The summed E-state index contributed by atoms with van der Waals surface area (Å²) in [6.45, 7) is 0.793. The molecule has 2 aromatic rings. The number of hydrogen-bond acceptors (Lipinski definition) is 6. The van der Waals surface area contributed by atoms with Gasteiger partial charge in [0.05, 0.1) is 24.3 Å². The van der Waals surface area contributed by atoms with Crippen molar-refractivity contribution in [2.45, 2.75) is 6.04 Å². The van der Waals surface area contributed by atoms with Gasteiger partial charge in [-0.05, 0) is 43.9 Å². The summed E-state index contributed by atoms with van der Waals surface area (Å²) < 4.78 is 19.0. The molecule has 1 aromatic carbocycles. The summed E-state index contributed by atoms with van der Waals surface area (Å²) in [5.74, 6) is -2.46. The number of Topliss-reactive ketones (excluding diaryl/α,β-unsaturated/α-hetero) is 1. The highest BCUT2D eigenvalue weighted by atomic mass is 19.1. The van der Waals surface area contributed by atoms with Gasteiger partial charge in [0, 0.05) is 25.5 Å². The van der Waals surface area contributed by atoms with Crippen LogP contribution < -0.4 is 4.74 Å². The molecule has 1 saturated heterocycles. The number of aliphatic hydroxyl groups is 1. The second-order valence-electron chi connectivity index (χ2n) is 6.93. The van der Waals surface area contributed by atoms with E-state index in [1.165, 1.54) is 30.3 Å². The summed E-state index contributed by atoms with van der Waals surface area (Å²) >= 11 is 0. The fourth-order valence-electron chi connectivity index (χ4n) is 3.31. The number of carbonyl (C=O) groups excluding carboxylic acids is 2. The normalized spacial score (nSPS) is 18.5. The minimum Gasteiger partial charge on any atom is -0.507 e. The molecule has 1 amide bonds. The Hall–Kier alpha value is -3.26. The van der Waals surface area contributed by atoms with Gasteiger partial charge in [-0.1, -0.05) is 6.07 Å². The number of rotatable bonds is 6. The highest BCUT2D eigenvalue weighted by Crippen LogP contribution is 2.40. The number of aliphatic hydroxyl groups excluding tert-OH is 1. The van der Waals surface area contributed by atoms with E-state index in [1.807, 2.05) is 19.0 Å². The molecular formula is C21H22FN3O4. The van der Waals surface area contributed by atoms with Gasteiger partial charge in [-0.25, -0.2) is 4.39 Å². The van der Waals surface area contributed by atoms with Gasteiger partial charge >= 0.3 is 0 Å². The molecule has 7 nitrogen and oxygen atoms in total. The molecular weight excluding hydrogens is 377 g/mol. The van der Waals surface area contributed by atoms with Crippen molar-refractivity contribution in [2.75, 3.05) is 34.3 Å². The summed E-state index contributed by atoms with van der Waals surface area (Å²) in [4.78, 5) is 33.0. The van der Waals surface area contributed by atoms with E-state index in [-0.39, 0.29) is 23.4 Å². The summed E-state index contributed by atoms with van der Waals surface area (Å²) in [6.07, 6.45) is 3.11. The number of methoxy groups -OCH3 is 1. The van der Waals surface area contributed by atoms with Crippen LogP contribution in [0, 0.1) is 5.82 Å². The molecule has 2 heterocycles. The lowest BCUT2D eigenvalue weighted by atomic mass is 9.96. The van der Waals surface area contributed by atoms with Crippen LogP contribution in [0.15, 0.2) is 48.3 Å². The Bertz CT molecular complexity index is 960. The number of likely N-dealkylation sites (tertiary alicyclic amines) is 1. The average Bonchev–Trinajstić information content (AvgIpc) is 2.97. The predicted molar refractivity (Wildman–Crippen MR) is 105 cm³/mol. The van der Waals surface area contributed by atoms with E-state index in [0.29, 0.717) is 12.1 Å². The Morgan fingerprint density at radius 2 is 2.07 bits per heavy atom. The Morgan fingerprint density at radius 3 is 2.69 bits per heavy atom. The Kier molecular flexibility index (Phi) is 5.93. The van der Waals surface area contributed by atoms with Gasteiger partial charge in [-0.3, -0.25) is 14.6 Å². The molecule has 0 aliphatic carbocycles. The van der Waals surface area contributed by atoms with Gasteiger partial charge in [0.1, 0.15) is 17.3 Å². The lowest BCUT2D eigenvalue weighted by molar-refractivity contribution is -0.140. The molecule has 1 aromatic heterocycles. The number of aromatic nitrogens is 1. The van der Waals surface area contributed by atoms with Crippen molar-refractivity contribution in [3.8, 4) is 5.75 Å². The zero-order valence-electron chi connectivity index (χ0n) is 16.4. The summed E-state index contributed by atoms with van der Waals surface area (Å²) in [5, 5.41) is 11.0. The Balaban J connectivity index is 2.19. The standard InChI is InChI=1S/C21H22FN3O4/c1-24(2)9-10-25-18(13-5-4-8-23-12-13)17(20(27)21(25)28)19(26)15-11-14(22)6-7-16(15)29-3/h4-8,11-12,18,26H,9-10H2,1-3H3/b19-17+/t18-/m0/s1. The van der Waals surface area contributed by atoms with E-state index in [2.05, 4.69) is 4.98 Å². The van der Waals surface area contributed by atoms with E-state index < -0.39 is 29.3 Å². The maximum Gasteiger partial charge on any atom is 0.295 e. The number of hydrogen-bond donors (Lipinski definition) is 1. The van der Waals surface area contributed by atoms with Gasteiger partial charge in [0.25, 0.3) is 11.7 Å². The maximum absolute atomic E-state index is 13.8. The van der Waals surface area contributed by atoms with Crippen molar-refractivity contribution in [1.82, 2.24) is 14.8 Å². The third-order valence-electron chi connectivity index (χ3n) is 4.74. The first-order valence-corrected chi connectivity index (χ1v) is 9.02. The van der Waals surface area contributed by atoms with Crippen LogP contribution in [0.2, 0.25) is 0 Å². The number of ether oxygens (including phenoxy) is 1. The maximum atomic E-state index is 13.8. The summed E-state index contributed by atoms with van der Waals surface area (Å²) in [5.41, 5.74) is 0.458. The van der Waals surface area contributed by atoms with Crippen LogP contribution in [0.5, 0.6) is 5.75 Å². The van der Waals surface area contributed by atoms with Crippen LogP contribution in [0.4, 0.5) is 4.39 Å². The van der Waals surface area contributed by atoms with Crippen LogP contribution in [0.1, 0.15) is 17.2 Å². The first kappa shape index (κ1) is 20.5. The van der Waals surface area contributed by atoms with E-state index >= 15 is 0 Å². The van der Waals surface area contributed by atoms with Gasteiger partial charge in [-0.2, -0.15) is 0 Å². The highest BCUT2D eigenvalue weighted by molar-refractivity contribution is 6.46. The molecule has 0 radical (unpaired) electrons. The monoisotopic (exact) mass is 399 g/mol. The number of benzene rings is 1. The van der Waals surface area contributed by atoms with Crippen molar-refractivity contribution < 1.29 is 23.8 Å². The van der Waals surface area contributed by atoms with E-state index in [9.17, 15) is 19.1 Å². The Labute approximate surface area is 168 Å². The molecule has 0 bridgehead atoms. The molecule has 1 fully saturated rings. The SMILES string of the molecule is COc1ccc(F)cc1/C(O)=C1\C(=O)C(=O)N(CCN(C)C)[C@H]1c1cccnc1. The molecule has 1 aliphatic heterocycles. The number of nitrogens with zero attached hydrogens (tertiary/aromatic N) is 3. The topological polar surface area (TPSA) is 83.0 Å². The van der Waals surface area contributed by atoms with Gasteiger partial charge < -0.3 is 19.6 Å². The number of ketones is 1. The predicted octanol–water partition coefficient (Wildman–Crippen LogP) is 2.21. The van der Waals surface area contributed by atoms with Crippen molar-refractivity contribution in [1.29, 1.82) is 0 Å². The second-order valence-corrected chi connectivity index (χ2v) is 6.93. The van der Waals surface area contributed by atoms with E-state index in [4.69, 9.17) is 4.74 Å². The minimum atomic E-state index is -0.836. The highest BCUT2D eigenvalue weighted by Gasteiger charge is 2.46. The van der Waals surface area contributed by atoms with Crippen LogP contribution >= 0.6 is 0 Å². The number of halogens is 1. The molecule has 29 heavy (non-hydrogen) atoms. The number of likely N-dealkylation sites (N-methyl/N-ethyl adjacent to an activating group) is 1. The summed E-state index contributed by atoms with van der Waals surface area (Å²) in [7, 11) is 5.08. The van der Waals surface area contributed by atoms with E-state index in [1.54, 1.807) is 18.3 Å². The molecule has 0 unspecified atom stereocenters. The van der Waals surface area contributed by atoms with E-state index in [0.717, 1.165) is 6.07 Å². The fraction of sp³-hybridized carbons (Fsp3) is 0.286. The van der Waals surface area contributed by atoms with Crippen LogP contribution in [-0.2, 0) is 9.59 Å². The van der Waals surface area contributed by atoms with Crippen LogP contribution in [0.25, 0.3) is 5.76 Å². The lowest BCUT2D eigenvalue weighted by Gasteiger charge is -2.26. The third-order valence-corrected chi connectivity index (χ3v) is 4.74. The third kappa shape index (κ3) is 3.97. The van der Waals surface area contributed by atoms with Crippen molar-refractivity contribution in [3.05, 3.63) is 65.2 Å². The van der Waals surface area contributed by atoms with Crippen molar-refractivity contribution in [3.63, 3.8) is 0 Å². The first-order valence-electron chi connectivity index (χ1n) is 9.02. The molecule has 152 valence electrons. The molecule has 8 heteroatoms. The molecule has 1 atom stereocenters. The summed E-state index contributed by atoms with van der Waals surface area (Å²) in [6, 6.07) is 6.18. The van der Waals surface area contributed by atoms with Gasteiger partial charge in [0.2, 0.25) is 0 Å². The van der Waals surface area contributed by atoms with Gasteiger partial charge in [-0.15, -0.1) is 0 Å². The van der Waals surface area contributed by atoms with Crippen molar-refractivity contribution >= 4 is 17.4 Å². The minimum absolute atomic E-state index is 0.00648. The van der Waals surface area contributed by atoms with Crippen LogP contribution in [-0.4, -0.2) is 65.9 Å². The quantitative estimate of drug-likeness (QED) is 0.456. The molecule has 1 N–H and O–H groups in total. The molecule has 1 aliphatic rings. The van der Waals surface area contributed by atoms with Gasteiger partial charge in [0.15, 0.2) is 0 Å². The number of carbonyl (C=O) groups is 2. The number of pyridine rings is 1. The zero-order valence-corrected chi connectivity index (χ0v) is 16.4. The molecule has 0 saturated carbocycles. The molecule has 0 spiro atoms.